The fraction of sp³-hybridized carbons (Fsp3) is 0.636. The van der Waals surface area contributed by atoms with Crippen molar-refractivity contribution in [1.29, 1.82) is 0 Å². The lowest BCUT2D eigenvalue weighted by Crippen LogP contribution is -2.14. The Balaban J connectivity index is 2.74. The predicted molar refractivity (Wildman–Crippen MR) is 57.4 cm³/mol. The molecule has 0 spiro atoms. The highest BCUT2D eigenvalue weighted by atomic mass is 14.6. The van der Waals surface area contributed by atoms with Crippen LogP contribution in [0.25, 0.3) is 0 Å². The van der Waals surface area contributed by atoms with E-state index < -0.39 is 0 Å². The molecule has 1 aliphatic rings. The molecule has 0 saturated heterocycles. The minimum atomic E-state index is 0.639. The summed E-state index contributed by atoms with van der Waals surface area (Å²) in [6.07, 6.45) is 7.00. The van der Waals surface area contributed by atoms with Crippen molar-refractivity contribution in [2.24, 2.45) is 11.5 Å². The molecule has 0 amide bonds. The molecule has 0 heterocycles. The molecule has 0 aliphatic heterocycles. The van der Waals surface area contributed by atoms with Gasteiger partial charge in [-0.2, -0.15) is 0 Å². The highest BCUT2D eigenvalue weighted by molar-refractivity contribution is 5.35. The Morgan fingerprint density at radius 2 is 2.00 bits per heavy atom. The van der Waals surface area contributed by atoms with Crippen molar-refractivity contribution in [2.75, 3.05) is 13.1 Å². The van der Waals surface area contributed by atoms with Gasteiger partial charge >= 0.3 is 0 Å². The summed E-state index contributed by atoms with van der Waals surface area (Å²) in [5.41, 5.74) is 15.5. The molecular formula is C11H20N2. The fourth-order valence-electron chi connectivity index (χ4n) is 1.85. The summed E-state index contributed by atoms with van der Waals surface area (Å²) >= 11 is 0. The van der Waals surface area contributed by atoms with Crippen molar-refractivity contribution >= 4 is 0 Å². The van der Waals surface area contributed by atoms with Gasteiger partial charge in [-0.15, -0.1) is 0 Å². The zero-order valence-corrected chi connectivity index (χ0v) is 8.47. The third-order valence-corrected chi connectivity index (χ3v) is 2.62. The lowest BCUT2D eigenvalue weighted by atomic mass is 9.90. The Hall–Kier alpha value is -0.600. The Labute approximate surface area is 80.7 Å². The average molecular weight is 180 g/mol. The van der Waals surface area contributed by atoms with Gasteiger partial charge in [0, 0.05) is 13.1 Å². The smallest absolute Gasteiger partial charge is 0.0178 e. The van der Waals surface area contributed by atoms with E-state index in [2.05, 4.69) is 13.0 Å². The molecule has 0 aromatic carbocycles. The lowest BCUT2D eigenvalue weighted by Gasteiger charge is -2.18. The average Bonchev–Trinajstić information content (AvgIpc) is 2.18. The van der Waals surface area contributed by atoms with E-state index in [1.54, 1.807) is 5.57 Å². The van der Waals surface area contributed by atoms with E-state index in [1.165, 1.54) is 30.4 Å². The zero-order valence-electron chi connectivity index (χ0n) is 8.47. The molecule has 2 nitrogen and oxygen atoms in total. The van der Waals surface area contributed by atoms with Crippen LogP contribution in [0.3, 0.4) is 0 Å². The van der Waals surface area contributed by atoms with Gasteiger partial charge in [0.2, 0.25) is 0 Å². The van der Waals surface area contributed by atoms with Crippen LogP contribution < -0.4 is 11.5 Å². The van der Waals surface area contributed by atoms with Gasteiger partial charge in [0.05, 0.1) is 0 Å². The molecule has 4 N–H and O–H groups in total. The van der Waals surface area contributed by atoms with Crippen molar-refractivity contribution in [2.45, 2.75) is 32.6 Å². The van der Waals surface area contributed by atoms with Crippen LogP contribution in [0.15, 0.2) is 22.8 Å². The summed E-state index contributed by atoms with van der Waals surface area (Å²) in [5, 5.41) is 0. The third-order valence-electron chi connectivity index (χ3n) is 2.62. The Kier molecular flexibility index (Phi) is 4.19. The van der Waals surface area contributed by atoms with Crippen LogP contribution in [0.2, 0.25) is 0 Å². The molecule has 0 aromatic rings. The van der Waals surface area contributed by atoms with Gasteiger partial charge in [-0.1, -0.05) is 30.6 Å². The quantitative estimate of drug-likeness (QED) is 0.692. The van der Waals surface area contributed by atoms with Crippen molar-refractivity contribution in [1.82, 2.24) is 0 Å². The highest BCUT2D eigenvalue weighted by Gasteiger charge is 2.10. The highest BCUT2D eigenvalue weighted by Crippen LogP contribution is 2.25. The number of allylic oxidation sites excluding steroid dienone is 1. The Morgan fingerprint density at radius 1 is 1.23 bits per heavy atom. The van der Waals surface area contributed by atoms with Crippen molar-refractivity contribution < 1.29 is 0 Å². The summed E-state index contributed by atoms with van der Waals surface area (Å²) in [5.74, 6) is 0. The largest absolute Gasteiger partial charge is 0.327 e. The second-order valence-corrected chi connectivity index (χ2v) is 3.59. The first-order valence-corrected chi connectivity index (χ1v) is 5.12. The number of nitrogens with two attached hydrogens (primary N) is 2. The second kappa shape index (κ2) is 5.20. The van der Waals surface area contributed by atoms with Crippen molar-refractivity contribution in [3.05, 3.63) is 22.8 Å². The molecule has 0 radical (unpaired) electrons. The molecular weight excluding hydrogens is 160 g/mol. The standard InChI is InChI=1S/C11H20N2/c1-2-3-9-4-5-10(7-12)11(6-9)8-13/h6H,2-5,7-8,12-13H2,1H3. The second-order valence-electron chi connectivity index (χ2n) is 3.59. The van der Waals surface area contributed by atoms with Crippen LogP contribution in [0.5, 0.6) is 0 Å². The SMILES string of the molecule is CCCC1=CC(CN)=C(CN)CC1. The van der Waals surface area contributed by atoms with E-state index >= 15 is 0 Å². The monoisotopic (exact) mass is 180 g/mol. The minimum absolute atomic E-state index is 0.639. The van der Waals surface area contributed by atoms with Crippen molar-refractivity contribution in [3.63, 3.8) is 0 Å². The molecule has 2 heteroatoms. The number of hydrogen-bond acceptors (Lipinski definition) is 2. The lowest BCUT2D eigenvalue weighted by molar-refractivity contribution is 0.776. The Morgan fingerprint density at radius 3 is 2.54 bits per heavy atom. The molecule has 0 fully saturated rings. The third kappa shape index (κ3) is 2.68. The van der Waals surface area contributed by atoms with Crippen LogP contribution in [-0.4, -0.2) is 13.1 Å². The topological polar surface area (TPSA) is 52.0 Å². The number of hydrogen-bond donors (Lipinski definition) is 2. The molecule has 13 heavy (non-hydrogen) atoms. The minimum Gasteiger partial charge on any atom is -0.327 e. The summed E-state index contributed by atoms with van der Waals surface area (Å²) in [4.78, 5) is 0. The van der Waals surface area contributed by atoms with Gasteiger partial charge in [0.25, 0.3) is 0 Å². The molecule has 74 valence electrons. The first-order chi connectivity index (χ1) is 6.31. The summed E-state index contributed by atoms with van der Waals surface area (Å²) in [7, 11) is 0. The molecule has 1 rings (SSSR count). The first-order valence-electron chi connectivity index (χ1n) is 5.12. The molecule has 0 bridgehead atoms. The predicted octanol–water partition coefficient (Wildman–Crippen LogP) is 1.72. The van der Waals surface area contributed by atoms with E-state index in [0.29, 0.717) is 13.1 Å². The van der Waals surface area contributed by atoms with E-state index in [9.17, 15) is 0 Å². The molecule has 0 atom stereocenters. The van der Waals surface area contributed by atoms with Crippen LogP contribution in [0, 0.1) is 0 Å². The zero-order chi connectivity index (χ0) is 9.68. The van der Waals surface area contributed by atoms with Gasteiger partial charge in [-0.25, -0.2) is 0 Å². The van der Waals surface area contributed by atoms with Gasteiger partial charge < -0.3 is 11.5 Å². The van der Waals surface area contributed by atoms with Crippen LogP contribution >= 0.6 is 0 Å². The van der Waals surface area contributed by atoms with Crippen molar-refractivity contribution in [3.8, 4) is 0 Å². The Bertz CT molecular complexity index is 226. The van der Waals surface area contributed by atoms with E-state index in [4.69, 9.17) is 11.5 Å². The fourth-order valence-corrected chi connectivity index (χ4v) is 1.85. The first kappa shape index (κ1) is 10.5. The van der Waals surface area contributed by atoms with Gasteiger partial charge in [0.1, 0.15) is 0 Å². The van der Waals surface area contributed by atoms with Gasteiger partial charge in [-0.05, 0) is 24.8 Å². The van der Waals surface area contributed by atoms with E-state index in [0.717, 1.165) is 6.42 Å². The molecule has 0 aromatic heterocycles. The van der Waals surface area contributed by atoms with Gasteiger partial charge in [-0.3, -0.25) is 0 Å². The normalized spacial score (nSPS) is 17.6. The van der Waals surface area contributed by atoms with Gasteiger partial charge in [0.15, 0.2) is 0 Å². The summed E-state index contributed by atoms with van der Waals surface area (Å²) < 4.78 is 0. The molecule has 0 saturated carbocycles. The van der Waals surface area contributed by atoms with E-state index in [1.807, 2.05) is 0 Å². The van der Waals surface area contributed by atoms with Crippen LogP contribution in [-0.2, 0) is 0 Å². The molecule has 0 unspecified atom stereocenters. The summed E-state index contributed by atoms with van der Waals surface area (Å²) in [6, 6.07) is 0. The summed E-state index contributed by atoms with van der Waals surface area (Å²) in [6.45, 7) is 3.52. The number of rotatable bonds is 4. The van der Waals surface area contributed by atoms with Crippen LogP contribution in [0.4, 0.5) is 0 Å². The maximum Gasteiger partial charge on any atom is 0.0178 e. The maximum atomic E-state index is 5.67. The van der Waals surface area contributed by atoms with Crippen LogP contribution in [0.1, 0.15) is 32.6 Å². The van der Waals surface area contributed by atoms with E-state index in [-0.39, 0.29) is 0 Å². The molecule has 1 aliphatic carbocycles. The maximum absolute atomic E-state index is 5.67.